The molecule has 0 aromatic heterocycles. The van der Waals surface area contributed by atoms with Gasteiger partial charge in [-0.25, -0.2) is 4.79 Å². The molecular weight excluding hydrogens is 739 g/mol. The van der Waals surface area contributed by atoms with Crippen molar-refractivity contribution in [1.29, 1.82) is 0 Å². The molecular formula is C45H73N5O8. The van der Waals surface area contributed by atoms with E-state index in [2.05, 4.69) is 29.7 Å². The summed E-state index contributed by atoms with van der Waals surface area (Å²) in [7, 11) is 8.12. The molecule has 1 aromatic rings. The third kappa shape index (κ3) is 10.8. The molecule has 0 spiro atoms. The monoisotopic (exact) mass is 812 g/mol. The zero-order valence-electron chi connectivity index (χ0n) is 37.2. The second-order valence-electron chi connectivity index (χ2n) is 17.7. The quantitative estimate of drug-likeness (QED) is 0.195. The van der Waals surface area contributed by atoms with Gasteiger partial charge in [0.2, 0.25) is 23.6 Å². The molecule has 326 valence electrons. The van der Waals surface area contributed by atoms with Crippen LogP contribution in [0.3, 0.4) is 0 Å². The third-order valence-electron chi connectivity index (χ3n) is 13.6. The van der Waals surface area contributed by atoms with Gasteiger partial charge in [-0.3, -0.25) is 24.1 Å². The fourth-order valence-corrected chi connectivity index (χ4v) is 9.51. The summed E-state index contributed by atoms with van der Waals surface area (Å²) in [4.78, 5) is 74.6. The number of amides is 4. The number of carbonyl (C=O) groups excluding carboxylic acids is 5. The average Bonchev–Trinajstić information content (AvgIpc) is 3.84. The number of likely N-dealkylation sites (N-methyl/N-ethyl adjacent to an activating group) is 2. The lowest BCUT2D eigenvalue weighted by Gasteiger charge is -2.41. The van der Waals surface area contributed by atoms with E-state index < -0.39 is 47.8 Å². The standard InChI is InChI=1S/C45H73N5O8/c1-12-29(4)39(49(8)42(53)38(28(2)3)47-44(55)45(6)22-16-23-48(45)7)36(56-9)27-37(51)50-24-15-19-35(50)40(57-10)30(5)41(52)46-34(43(54)58-11)26-31-20-21-32-17-13-14-18-33(32)25-31/h20-21,25,28-30,34-36,38-40H,12-19,22-24,26-27H2,1-11H3,(H,46,52)(H,47,55)/t29-,30+,34-,35-,36+,38-,39-,40+,45-/m0/s1. The second kappa shape index (κ2) is 21.1. The van der Waals surface area contributed by atoms with E-state index in [0.717, 1.165) is 57.1 Å². The fourth-order valence-electron chi connectivity index (χ4n) is 9.51. The normalized spacial score (nSPS) is 23.2. The van der Waals surface area contributed by atoms with E-state index in [1.165, 1.54) is 24.7 Å². The highest BCUT2D eigenvalue weighted by Gasteiger charge is 2.45. The first-order valence-electron chi connectivity index (χ1n) is 21.7. The van der Waals surface area contributed by atoms with Crippen molar-refractivity contribution in [2.45, 2.75) is 154 Å². The van der Waals surface area contributed by atoms with Crippen molar-refractivity contribution < 1.29 is 38.2 Å². The van der Waals surface area contributed by atoms with Crippen molar-refractivity contribution in [2.24, 2.45) is 17.8 Å². The van der Waals surface area contributed by atoms with Crippen LogP contribution in [0.2, 0.25) is 0 Å². The molecule has 0 unspecified atom stereocenters. The lowest BCUT2D eigenvalue weighted by atomic mass is 9.89. The number of hydrogen-bond acceptors (Lipinski definition) is 9. The molecule has 4 amide bonds. The molecule has 4 rings (SSSR count). The van der Waals surface area contributed by atoms with Crippen LogP contribution in [0, 0.1) is 17.8 Å². The Balaban J connectivity index is 1.47. The van der Waals surface area contributed by atoms with E-state index in [4.69, 9.17) is 14.2 Å². The van der Waals surface area contributed by atoms with Crippen LogP contribution in [0.15, 0.2) is 18.2 Å². The predicted molar refractivity (Wildman–Crippen MR) is 224 cm³/mol. The van der Waals surface area contributed by atoms with Crippen LogP contribution in [-0.2, 0) is 57.4 Å². The first kappa shape index (κ1) is 47.1. The lowest BCUT2D eigenvalue weighted by molar-refractivity contribution is -0.149. The molecule has 0 saturated carbocycles. The number of benzene rings is 1. The van der Waals surface area contributed by atoms with Gasteiger partial charge in [-0.05, 0) is 100 Å². The molecule has 2 fully saturated rings. The summed E-state index contributed by atoms with van der Waals surface area (Å²) in [5.41, 5.74) is 2.92. The lowest BCUT2D eigenvalue weighted by Crippen LogP contribution is -2.61. The zero-order chi connectivity index (χ0) is 42.9. The second-order valence-corrected chi connectivity index (χ2v) is 17.7. The van der Waals surface area contributed by atoms with E-state index in [1.807, 2.05) is 45.7 Å². The molecule has 2 heterocycles. The Labute approximate surface area is 347 Å². The number of hydrogen-bond donors (Lipinski definition) is 2. The molecule has 1 aromatic carbocycles. The molecule has 3 aliphatic rings. The number of rotatable bonds is 19. The SMILES string of the molecule is CC[C@H](C)[C@@H]([C@@H](CC(=O)N1CCC[C@H]1[C@H](OC)[C@@H](C)C(=O)N[C@@H](Cc1ccc2c(c1)CCCC2)C(=O)OC)OC)N(C)C(=O)[C@@H](NC(=O)[C@]1(C)CCCN1C)C(C)C. The first-order valence-corrected chi connectivity index (χ1v) is 21.7. The van der Waals surface area contributed by atoms with E-state index in [9.17, 15) is 24.0 Å². The molecule has 13 heteroatoms. The van der Waals surface area contributed by atoms with Crippen molar-refractivity contribution in [1.82, 2.24) is 25.3 Å². The first-order chi connectivity index (χ1) is 27.5. The number of nitrogens with one attached hydrogen (secondary N) is 2. The van der Waals surface area contributed by atoms with Gasteiger partial charge >= 0.3 is 5.97 Å². The van der Waals surface area contributed by atoms with Gasteiger partial charge in [0.25, 0.3) is 0 Å². The van der Waals surface area contributed by atoms with Gasteiger partial charge in [0.15, 0.2) is 0 Å². The number of nitrogens with zero attached hydrogens (tertiary/aromatic N) is 3. The summed E-state index contributed by atoms with van der Waals surface area (Å²) >= 11 is 0. The van der Waals surface area contributed by atoms with Gasteiger partial charge in [-0.2, -0.15) is 0 Å². The maximum atomic E-state index is 14.3. The minimum Gasteiger partial charge on any atom is -0.467 e. The molecule has 0 bridgehead atoms. The number of ether oxygens (including phenoxy) is 3. The average molecular weight is 812 g/mol. The smallest absolute Gasteiger partial charge is 0.328 e. The van der Waals surface area contributed by atoms with Crippen molar-refractivity contribution in [3.05, 3.63) is 34.9 Å². The van der Waals surface area contributed by atoms with Crippen LogP contribution in [0.25, 0.3) is 0 Å². The van der Waals surface area contributed by atoms with Crippen molar-refractivity contribution >= 4 is 29.6 Å². The molecule has 13 nitrogen and oxygen atoms in total. The van der Waals surface area contributed by atoms with Gasteiger partial charge in [0.05, 0.1) is 49.3 Å². The maximum absolute atomic E-state index is 14.3. The topological polar surface area (TPSA) is 147 Å². The third-order valence-corrected chi connectivity index (χ3v) is 13.6. The van der Waals surface area contributed by atoms with Crippen molar-refractivity contribution in [3.63, 3.8) is 0 Å². The predicted octanol–water partition coefficient (Wildman–Crippen LogP) is 4.31. The van der Waals surface area contributed by atoms with Crippen LogP contribution in [0.5, 0.6) is 0 Å². The highest BCUT2D eigenvalue weighted by molar-refractivity contribution is 5.92. The van der Waals surface area contributed by atoms with Crippen LogP contribution in [-0.4, -0.2) is 135 Å². The van der Waals surface area contributed by atoms with Crippen LogP contribution < -0.4 is 10.6 Å². The number of aryl methyl sites for hydroxylation is 2. The molecule has 1 aliphatic carbocycles. The number of likely N-dealkylation sites (tertiary alicyclic amines) is 2. The number of carbonyl (C=O) groups is 5. The molecule has 58 heavy (non-hydrogen) atoms. The fraction of sp³-hybridized carbons (Fsp3) is 0.756. The Morgan fingerprint density at radius 2 is 1.62 bits per heavy atom. The Kier molecular flexibility index (Phi) is 17.2. The Morgan fingerprint density at radius 1 is 0.931 bits per heavy atom. The molecule has 9 atom stereocenters. The van der Waals surface area contributed by atoms with Gasteiger partial charge in [0, 0.05) is 34.2 Å². The molecule has 2 N–H and O–H groups in total. The minimum absolute atomic E-state index is 0.0173. The van der Waals surface area contributed by atoms with Crippen LogP contribution in [0.4, 0.5) is 0 Å². The summed E-state index contributed by atoms with van der Waals surface area (Å²) in [6.07, 6.45) is 7.20. The number of esters is 1. The van der Waals surface area contributed by atoms with Gasteiger partial charge in [-0.15, -0.1) is 0 Å². The summed E-state index contributed by atoms with van der Waals surface area (Å²) in [6, 6.07) is 3.83. The Bertz CT molecular complexity index is 1590. The zero-order valence-corrected chi connectivity index (χ0v) is 37.2. The minimum atomic E-state index is -0.879. The summed E-state index contributed by atoms with van der Waals surface area (Å²) in [5.74, 6) is -2.29. The Morgan fingerprint density at radius 3 is 2.21 bits per heavy atom. The Hall–Kier alpha value is -3.55. The summed E-state index contributed by atoms with van der Waals surface area (Å²) in [5, 5.41) is 6.03. The van der Waals surface area contributed by atoms with E-state index in [1.54, 1.807) is 38.0 Å². The molecule has 0 radical (unpaired) electrons. The number of fused-ring (bicyclic) bond motifs is 1. The highest BCUT2D eigenvalue weighted by atomic mass is 16.5. The summed E-state index contributed by atoms with van der Waals surface area (Å²) < 4.78 is 17.2. The van der Waals surface area contributed by atoms with E-state index in [0.29, 0.717) is 19.4 Å². The van der Waals surface area contributed by atoms with Crippen LogP contribution >= 0.6 is 0 Å². The summed E-state index contributed by atoms with van der Waals surface area (Å²) in [6.45, 7) is 13.0. The largest absolute Gasteiger partial charge is 0.467 e. The van der Waals surface area contributed by atoms with Crippen molar-refractivity contribution in [3.8, 4) is 0 Å². The number of methoxy groups -OCH3 is 3. The van der Waals surface area contributed by atoms with Gasteiger partial charge < -0.3 is 34.6 Å². The van der Waals surface area contributed by atoms with Gasteiger partial charge in [-0.1, -0.05) is 59.2 Å². The van der Waals surface area contributed by atoms with E-state index in [-0.39, 0.29) is 47.9 Å². The van der Waals surface area contributed by atoms with E-state index >= 15 is 0 Å². The van der Waals surface area contributed by atoms with Gasteiger partial charge in [0.1, 0.15) is 12.1 Å². The molecule has 2 saturated heterocycles. The van der Waals surface area contributed by atoms with Crippen LogP contribution in [0.1, 0.15) is 110 Å². The highest BCUT2D eigenvalue weighted by Crippen LogP contribution is 2.31. The molecule has 2 aliphatic heterocycles. The van der Waals surface area contributed by atoms with Crippen molar-refractivity contribution in [2.75, 3.05) is 48.5 Å². The maximum Gasteiger partial charge on any atom is 0.328 e.